The second-order valence-corrected chi connectivity index (χ2v) is 7.75. The Morgan fingerprint density at radius 1 is 1.15 bits per heavy atom. The molecule has 1 atom stereocenters. The second kappa shape index (κ2) is 8.53. The van der Waals surface area contributed by atoms with Crippen LogP contribution in [0, 0.1) is 5.92 Å². The van der Waals surface area contributed by atoms with Crippen molar-refractivity contribution in [3.05, 3.63) is 41.2 Å². The molecule has 0 bridgehead atoms. The van der Waals surface area contributed by atoms with E-state index in [1.807, 2.05) is 24.3 Å². The number of halogens is 1. The molecule has 0 aliphatic carbocycles. The van der Waals surface area contributed by atoms with E-state index >= 15 is 0 Å². The minimum absolute atomic E-state index is 0.643. The lowest BCUT2D eigenvalue weighted by atomic mass is 9.97. The summed E-state index contributed by atoms with van der Waals surface area (Å²) < 4.78 is 11.1. The van der Waals surface area contributed by atoms with E-state index in [-0.39, 0.29) is 0 Å². The maximum absolute atomic E-state index is 6.06. The summed E-state index contributed by atoms with van der Waals surface area (Å²) in [5, 5.41) is 0.698. The largest absolute Gasteiger partial charge is 0.444 e. The van der Waals surface area contributed by atoms with Crippen molar-refractivity contribution in [2.24, 2.45) is 5.92 Å². The summed E-state index contributed by atoms with van der Waals surface area (Å²) in [6.45, 7) is 8.21. The van der Waals surface area contributed by atoms with Gasteiger partial charge in [-0.15, -0.1) is 0 Å². The minimum atomic E-state index is 0.643. The smallest absolute Gasteiger partial charge is 0.226 e. The van der Waals surface area contributed by atoms with Gasteiger partial charge in [0.05, 0.1) is 18.9 Å². The number of likely N-dealkylation sites (tertiary alicyclic amines) is 1. The van der Waals surface area contributed by atoms with Crippen molar-refractivity contribution >= 4 is 11.6 Å². The van der Waals surface area contributed by atoms with Gasteiger partial charge in [0.1, 0.15) is 6.26 Å². The first-order valence-corrected chi connectivity index (χ1v) is 9.87. The van der Waals surface area contributed by atoms with Crippen molar-refractivity contribution in [3.8, 4) is 11.5 Å². The SMILES string of the molecule is Clc1cccc(-c2nc(CN3CCCC(CN4CCOCC4)C3)co2)c1. The van der Waals surface area contributed by atoms with E-state index in [1.54, 1.807) is 6.26 Å². The minimum Gasteiger partial charge on any atom is -0.444 e. The van der Waals surface area contributed by atoms with E-state index in [1.165, 1.54) is 19.4 Å². The Bertz CT molecular complexity index is 715. The maximum atomic E-state index is 6.06. The van der Waals surface area contributed by atoms with Crippen LogP contribution in [0.15, 0.2) is 34.9 Å². The fourth-order valence-electron chi connectivity index (χ4n) is 3.96. The molecule has 2 aliphatic heterocycles. The van der Waals surface area contributed by atoms with Gasteiger partial charge >= 0.3 is 0 Å². The average Bonchev–Trinajstić information content (AvgIpc) is 3.11. The van der Waals surface area contributed by atoms with Crippen molar-refractivity contribution in [1.29, 1.82) is 0 Å². The lowest BCUT2D eigenvalue weighted by molar-refractivity contribution is 0.0223. The number of aromatic nitrogens is 1. The summed E-state index contributed by atoms with van der Waals surface area (Å²) >= 11 is 6.06. The number of rotatable bonds is 5. The molecule has 2 aromatic rings. The third-order valence-corrected chi connectivity index (χ3v) is 5.47. The zero-order chi connectivity index (χ0) is 17.8. The molecule has 2 saturated heterocycles. The topological polar surface area (TPSA) is 41.7 Å². The highest BCUT2D eigenvalue weighted by Crippen LogP contribution is 2.24. The van der Waals surface area contributed by atoms with Crippen LogP contribution in [0.5, 0.6) is 0 Å². The van der Waals surface area contributed by atoms with Crippen molar-refractivity contribution < 1.29 is 9.15 Å². The summed E-state index contributed by atoms with van der Waals surface area (Å²) in [4.78, 5) is 9.72. The van der Waals surface area contributed by atoms with Crippen LogP contribution in [0.4, 0.5) is 0 Å². The number of hydrogen-bond acceptors (Lipinski definition) is 5. The summed E-state index contributed by atoms with van der Waals surface area (Å²) in [6.07, 6.45) is 4.36. The number of hydrogen-bond donors (Lipinski definition) is 0. The van der Waals surface area contributed by atoms with Crippen molar-refractivity contribution in [2.75, 3.05) is 45.9 Å². The van der Waals surface area contributed by atoms with Crippen LogP contribution in [0.3, 0.4) is 0 Å². The molecule has 2 fully saturated rings. The first-order valence-electron chi connectivity index (χ1n) is 9.49. The zero-order valence-corrected chi connectivity index (χ0v) is 15.8. The first-order chi connectivity index (χ1) is 12.8. The second-order valence-electron chi connectivity index (χ2n) is 7.31. The standard InChI is InChI=1S/C20H26ClN3O2/c21-18-5-1-4-17(11-18)20-22-19(15-26-20)14-24-6-2-3-16(13-24)12-23-7-9-25-10-8-23/h1,4-5,11,15-16H,2-3,6-10,12-14H2. The molecule has 1 aromatic carbocycles. The molecule has 1 unspecified atom stereocenters. The molecule has 0 amide bonds. The number of benzene rings is 1. The van der Waals surface area contributed by atoms with Crippen LogP contribution in [0.25, 0.3) is 11.5 Å². The number of ether oxygens (including phenoxy) is 1. The van der Waals surface area contributed by atoms with E-state index in [0.29, 0.717) is 10.9 Å². The normalized spacial score (nSPS) is 22.6. The fraction of sp³-hybridized carbons (Fsp3) is 0.550. The van der Waals surface area contributed by atoms with Crippen LogP contribution in [-0.4, -0.2) is 60.7 Å². The van der Waals surface area contributed by atoms with Gasteiger partial charge in [0, 0.05) is 43.3 Å². The Labute approximate surface area is 159 Å². The molecule has 26 heavy (non-hydrogen) atoms. The van der Waals surface area contributed by atoms with Gasteiger partial charge < -0.3 is 9.15 Å². The van der Waals surface area contributed by atoms with E-state index in [0.717, 1.165) is 63.1 Å². The average molecular weight is 376 g/mol. The zero-order valence-electron chi connectivity index (χ0n) is 15.1. The van der Waals surface area contributed by atoms with Gasteiger partial charge in [0.2, 0.25) is 5.89 Å². The lowest BCUT2D eigenvalue weighted by Crippen LogP contribution is -2.44. The Morgan fingerprint density at radius 2 is 2.04 bits per heavy atom. The van der Waals surface area contributed by atoms with Crippen molar-refractivity contribution in [2.45, 2.75) is 19.4 Å². The predicted molar refractivity (Wildman–Crippen MR) is 102 cm³/mol. The fourth-order valence-corrected chi connectivity index (χ4v) is 4.15. The molecule has 3 heterocycles. The number of piperidine rings is 1. The molecule has 0 spiro atoms. The number of oxazole rings is 1. The monoisotopic (exact) mass is 375 g/mol. The molecule has 140 valence electrons. The number of morpholine rings is 1. The Balaban J connectivity index is 1.33. The summed E-state index contributed by atoms with van der Waals surface area (Å²) in [5.74, 6) is 1.38. The van der Waals surface area contributed by atoms with Gasteiger partial charge in [-0.3, -0.25) is 9.80 Å². The summed E-state index contributed by atoms with van der Waals surface area (Å²) in [7, 11) is 0. The summed E-state index contributed by atoms with van der Waals surface area (Å²) in [6, 6.07) is 7.64. The van der Waals surface area contributed by atoms with E-state index in [9.17, 15) is 0 Å². The van der Waals surface area contributed by atoms with Crippen LogP contribution in [-0.2, 0) is 11.3 Å². The molecule has 2 aliphatic rings. The van der Waals surface area contributed by atoms with Gasteiger partial charge in [-0.25, -0.2) is 4.98 Å². The van der Waals surface area contributed by atoms with Crippen molar-refractivity contribution in [1.82, 2.24) is 14.8 Å². The van der Waals surface area contributed by atoms with Gasteiger partial charge in [-0.05, 0) is 43.5 Å². The van der Waals surface area contributed by atoms with Gasteiger partial charge in [0.25, 0.3) is 0 Å². The molecule has 0 N–H and O–H groups in total. The summed E-state index contributed by atoms with van der Waals surface area (Å²) in [5.41, 5.74) is 1.92. The molecule has 4 rings (SSSR count). The Kier molecular flexibility index (Phi) is 5.90. The Morgan fingerprint density at radius 3 is 2.88 bits per heavy atom. The van der Waals surface area contributed by atoms with Crippen LogP contribution < -0.4 is 0 Å². The molecule has 0 radical (unpaired) electrons. The molecular formula is C20H26ClN3O2. The molecule has 1 aromatic heterocycles. The van der Waals surface area contributed by atoms with Crippen molar-refractivity contribution in [3.63, 3.8) is 0 Å². The lowest BCUT2D eigenvalue weighted by Gasteiger charge is -2.36. The molecule has 0 saturated carbocycles. The molecule has 5 nitrogen and oxygen atoms in total. The van der Waals surface area contributed by atoms with Gasteiger partial charge in [0.15, 0.2) is 0 Å². The third kappa shape index (κ3) is 4.65. The van der Waals surface area contributed by atoms with Crippen LogP contribution >= 0.6 is 11.6 Å². The third-order valence-electron chi connectivity index (χ3n) is 5.23. The Hall–Kier alpha value is -1.40. The van der Waals surface area contributed by atoms with Crippen LogP contribution in [0.1, 0.15) is 18.5 Å². The maximum Gasteiger partial charge on any atom is 0.226 e. The molecular weight excluding hydrogens is 350 g/mol. The first kappa shape index (κ1) is 18.0. The highest BCUT2D eigenvalue weighted by Gasteiger charge is 2.23. The highest BCUT2D eigenvalue weighted by molar-refractivity contribution is 6.30. The van der Waals surface area contributed by atoms with Gasteiger partial charge in [-0.1, -0.05) is 17.7 Å². The van der Waals surface area contributed by atoms with Crippen LogP contribution in [0.2, 0.25) is 5.02 Å². The predicted octanol–water partition coefficient (Wildman–Crippen LogP) is 3.54. The number of nitrogens with zero attached hydrogens (tertiary/aromatic N) is 3. The molecule has 6 heteroatoms. The quantitative estimate of drug-likeness (QED) is 0.799. The van der Waals surface area contributed by atoms with E-state index < -0.39 is 0 Å². The van der Waals surface area contributed by atoms with E-state index in [2.05, 4.69) is 14.8 Å². The van der Waals surface area contributed by atoms with E-state index in [4.69, 9.17) is 20.8 Å². The highest BCUT2D eigenvalue weighted by atomic mass is 35.5. The van der Waals surface area contributed by atoms with Gasteiger partial charge in [-0.2, -0.15) is 0 Å².